The molecule has 0 aliphatic heterocycles. The Bertz CT molecular complexity index is 751. The van der Waals surface area contributed by atoms with Crippen molar-refractivity contribution in [2.45, 2.75) is 0 Å². The first-order valence-electron chi connectivity index (χ1n) is 5.78. The summed E-state index contributed by atoms with van der Waals surface area (Å²) in [6, 6.07) is 18.8. The van der Waals surface area contributed by atoms with E-state index in [1.807, 2.05) is 12.1 Å². The molecule has 0 bridgehead atoms. The van der Waals surface area contributed by atoms with Crippen LogP contribution in [0.15, 0.2) is 59.1 Å². The van der Waals surface area contributed by atoms with E-state index in [9.17, 15) is 0 Å². The van der Waals surface area contributed by atoms with Gasteiger partial charge in [0, 0.05) is 13.1 Å². The van der Waals surface area contributed by atoms with E-state index in [0.29, 0.717) is 0 Å². The molecule has 0 atom stereocenters. The van der Waals surface area contributed by atoms with Crippen LogP contribution >= 0.6 is 50.1 Å². The van der Waals surface area contributed by atoms with E-state index < -0.39 is 0 Å². The van der Waals surface area contributed by atoms with Gasteiger partial charge >= 0.3 is 0 Å². The Hall–Kier alpha value is -0.580. The van der Waals surface area contributed by atoms with Gasteiger partial charge in [0.2, 0.25) is 0 Å². The molecule has 0 radical (unpaired) electrons. The lowest BCUT2D eigenvalue weighted by Gasteiger charge is -2.08. The zero-order valence-electron chi connectivity index (χ0n) is 9.83. The van der Waals surface area contributed by atoms with Gasteiger partial charge < -0.3 is 0 Å². The molecule has 3 rings (SSSR count). The van der Waals surface area contributed by atoms with Crippen molar-refractivity contribution in [1.82, 2.24) is 0 Å². The van der Waals surface area contributed by atoms with Crippen LogP contribution < -0.4 is 0 Å². The topological polar surface area (TPSA) is 0 Å². The van der Waals surface area contributed by atoms with Crippen LogP contribution in [0.25, 0.3) is 21.9 Å². The van der Waals surface area contributed by atoms with Gasteiger partial charge in [-0.15, -0.1) is 0 Å². The molecule has 0 heterocycles. The van der Waals surface area contributed by atoms with Gasteiger partial charge in [0.1, 0.15) is 0 Å². The molecular formula is C16H9BrClI. The van der Waals surface area contributed by atoms with Gasteiger partial charge in [0.25, 0.3) is 0 Å². The lowest BCUT2D eigenvalue weighted by atomic mass is 10.0. The standard InChI is InChI=1S/C16H9BrClI/c17-13-4-1-11-8-15(16(19)9-12(11)7-13)10-2-5-14(18)6-3-10/h1-9H. The summed E-state index contributed by atoms with van der Waals surface area (Å²) in [6.45, 7) is 0. The third-order valence-corrected chi connectivity index (χ3v) is 4.68. The molecule has 3 aromatic rings. The fraction of sp³-hybridized carbons (Fsp3) is 0. The molecule has 0 N–H and O–H groups in total. The largest absolute Gasteiger partial charge is 0.0843 e. The number of hydrogen-bond acceptors (Lipinski definition) is 0. The molecule has 94 valence electrons. The van der Waals surface area contributed by atoms with Gasteiger partial charge in [-0.05, 0) is 80.9 Å². The molecule has 0 saturated heterocycles. The number of rotatable bonds is 1. The molecule has 3 aromatic carbocycles. The lowest BCUT2D eigenvalue weighted by molar-refractivity contribution is 1.60. The Labute approximate surface area is 139 Å². The molecule has 0 aliphatic rings. The van der Waals surface area contributed by atoms with Crippen LogP contribution in [-0.4, -0.2) is 0 Å². The van der Waals surface area contributed by atoms with E-state index in [-0.39, 0.29) is 0 Å². The highest BCUT2D eigenvalue weighted by Crippen LogP contribution is 2.31. The van der Waals surface area contributed by atoms with Crippen molar-refractivity contribution < 1.29 is 0 Å². The van der Waals surface area contributed by atoms with Gasteiger partial charge in [-0.25, -0.2) is 0 Å². The van der Waals surface area contributed by atoms with Crippen LogP contribution in [-0.2, 0) is 0 Å². The maximum atomic E-state index is 5.94. The number of halogens is 3. The Morgan fingerprint density at radius 2 is 1.58 bits per heavy atom. The maximum absolute atomic E-state index is 5.94. The van der Waals surface area contributed by atoms with Crippen LogP contribution in [0.3, 0.4) is 0 Å². The number of hydrogen-bond donors (Lipinski definition) is 0. The zero-order valence-corrected chi connectivity index (χ0v) is 14.3. The molecule has 0 amide bonds. The fourth-order valence-corrected chi connectivity index (χ4v) is 3.40. The highest BCUT2D eigenvalue weighted by Gasteiger charge is 2.06. The second-order valence-electron chi connectivity index (χ2n) is 4.33. The predicted octanol–water partition coefficient (Wildman–Crippen LogP) is 6.53. The number of benzene rings is 3. The van der Waals surface area contributed by atoms with E-state index in [1.165, 1.54) is 25.5 Å². The Morgan fingerprint density at radius 1 is 0.842 bits per heavy atom. The normalized spacial score (nSPS) is 10.9. The molecule has 0 aliphatic carbocycles. The average molecular weight is 444 g/mol. The molecule has 3 heteroatoms. The Balaban J connectivity index is 2.21. The van der Waals surface area contributed by atoms with Crippen LogP contribution in [0.4, 0.5) is 0 Å². The lowest BCUT2D eigenvalue weighted by Crippen LogP contribution is -1.84. The van der Waals surface area contributed by atoms with E-state index >= 15 is 0 Å². The first kappa shape index (κ1) is 13.4. The Kier molecular flexibility index (Phi) is 3.83. The molecule has 0 saturated carbocycles. The molecule has 0 unspecified atom stereocenters. The van der Waals surface area contributed by atoms with Gasteiger partial charge in [-0.2, -0.15) is 0 Å². The summed E-state index contributed by atoms with van der Waals surface area (Å²) in [4.78, 5) is 0. The summed E-state index contributed by atoms with van der Waals surface area (Å²) in [5.41, 5.74) is 2.44. The van der Waals surface area contributed by atoms with E-state index in [4.69, 9.17) is 11.6 Å². The second-order valence-corrected chi connectivity index (χ2v) is 6.84. The van der Waals surface area contributed by atoms with Gasteiger partial charge in [0.15, 0.2) is 0 Å². The summed E-state index contributed by atoms with van der Waals surface area (Å²) in [7, 11) is 0. The Morgan fingerprint density at radius 3 is 2.32 bits per heavy atom. The van der Waals surface area contributed by atoms with Gasteiger partial charge in [-0.3, -0.25) is 0 Å². The van der Waals surface area contributed by atoms with Crippen LogP contribution in [0.1, 0.15) is 0 Å². The minimum atomic E-state index is 0.767. The van der Waals surface area contributed by atoms with E-state index in [1.54, 1.807) is 0 Å². The third kappa shape index (κ3) is 2.81. The van der Waals surface area contributed by atoms with Crippen LogP contribution in [0.2, 0.25) is 5.02 Å². The fourth-order valence-electron chi connectivity index (χ4n) is 2.09. The van der Waals surface area contributed by atoms with Crippen molar-refractivity contribution in [2.75, 3.05) is 0 Å². The first-order chi connectivity index (χ1) is 9.13. The quantitative estimate of drug-likeness (QED) is 0.375. The average Bonchev–Trinajstić information content (AvgIpc) is 2.39. The molecule has 0 spiro atoms. The summed E-state index contributed by atoms with van der Waals surface area (Å²) in [5, 5.41) is 3.26. The third-order valence-electron chi connectivity index (χ3n) is 3.04. The predicted molar refractivity (Wildman–Crippen MR) is 94.8 cm³/mol. The van der Waals surface area contributed by atoms with Crippen LogP contribution in [0, 0.1) is 3.57 Å². The summed E-state index contributed by atoms with van der Waals surface area (Å²) < 4.78 is 2.35. The first-order valence-corrected chi connectivity index (χ1v) is 8.03. The monoisotopic (exact) mass is 442 g/mol. The van der Waals surface area contributed by atoms with Crippen LogP contribution in [0.5, 0.6) is 0 Å². The SMILES string of the molecule is Clc1ccc(-c2cc3ccc(Br)cc3cc2I)cc1. The van der Waals surface area contributed by atoms with E-state index in [0.717, 1.165) is 9.50 Å². The maximum Gasteiger partial charge on any atom is 0.0406 e. The van der Waals surface area contributed by atoms with Crippen molar-refractivity contribution in [1.29, 1.82) is 0 Å². The van der Waals surface area contributed by atoms with E-state index in [2.05, 4.69) is 81.0 Å². The summed E-state index contributed by atoms with van der Waals surface area (Å²) >= 11 is 11.8. The van der Waals surface area contributed by atoms with Gasteiger partial charge in [-0.1, -0.05) is 45.7 Å². The van der Waals surface area contributed by atoms with Crippen molar-refractivity contribution in [3.63, 3.8) is 0 Å². The zero-order chi connectivity index (χ0) is 13.4. The van der Waals surface area contributed by atoms with Crippen molar-refractivity contribution in [3.05, 3.63) is 67.7 Å². The molecular weight excluding hydrogens is 434 g/mol. The number of fused-ring (bicyclic) bond motifs is 1. The molecule has 0 fully saturated rings. The smallest absolute Gasteiger partial charge is 0.0406 e. The molecule has 0 nitrogen and oxygen atoms in total. The minimum absolute atomic E-state index is 0.767. The second kappa shape index (κ2) is 5.43. The highest BCUT2D eigenvalue weighted by atomic mass is 127. The van der Waals surface area contributed by atoms with Crippen molar-refractivity contribution in [3.8, 4) is 11.1 Å². The van der Waals surface area contributed by atoms with Crippen molar-refractivity contribution in [2.24, 2.45) is 0 Å². The molecule has 19 heavy (non-hydrogen) atoms. The molecule has 0 aromatic heterocycles. The summed E-state index contributed by atoms with van der Waals surface area (Å²) in [5.74, 6) is 0. The van der Waals surface area contributed by atoms with Crippen molar-refractivity contribution >= 4 is 60.9 Å². The summed E-state index contributed by atoms with van der Waals surface area (Å²) in [6.07, 6.45) is 0. The van der Waals surface area contributed by atoms with Gasteiger partial charge in [0.05, 0.1) is 0 Å². The highest BCUT2D eigenvalue weighted by molar-refractivity contribution is 14.1. The minimum Gasteiger partial charge on any atom is -0.0843 e.